The Morgan fingerprint density at radius 1 is 1.41 bits per heavy atom. The van der Waals surface area contributed by atoms with Gasteiger partial charge in [-0.25, -0.2) is 4.98 Å². The predicted octanol–water partition coefficient (Wildman–Crippen LogP) is 0.954. The number of hydrogen-bond donors (Lipinski definition) is 2. The number of aromatic nitrogens is 2. The highest BCUT2D eigenvalue weighted by Gasteiger charge is 2.12. The predicted molar refractivity (Wildman–Crippen MR) is 70.4 cm³/mol. The monoisotopic (exact) mass is 235 g/mol. The van der Waals surface area contributed by atoms with Gasteiger partial charge >= 0.3 is 0 Å². The largest absolute Gasteiger partial charge is 0.370 e. The molecule has 0 saturated carbocycles. The van der Waals surface area contributed by atoms with Gasteiger partial charge < -0.3 is 15.5 Å². The summed E-state index contributed by atoms with van der Waals surface area (Å²) in [5.74, 6) is 2.43. The van der Waals surface area contributed by atoms with E-state index in [1.54, 1.807) is 6.20 Å². The summed E-state index contributed by atoms with van der Waals surface area (Å²) in [5, 5.41) is 6.78. The lowest BCUT2D eigenvalue weighted by Gasteiger charge is -2.23. The Kier molecular flexibility index (Phi) is 4.14. The molecule has 1 aromatic heterocycles. The first-order chi connectivity index (χ1) is 8.25. The molecule has 0 aliphatic carbocycles. The minimum absolute atomic E-state index is 0.750. The smallest absolute Gasteiger partial charge is 0.226 e. The van der Waals surface area contributed by atoms with E-state index in [1.165, 1.54) is 12.8 Å². The van der Waals surface area contributed by atoms with Crippen LogP contribution in [0.5, 0.6) is 0 Å². The first-order valence-corrected chi connectivity index (χ1v) is 6.20. The molecule has 0 aromatic carbocycles. The van der Waals surface area contributed by atoms with Crippen molar-refractivity contribution in [2.75, 3.05) is 43.9 Å². The number of anilines is 2. The van der Waals surface area contributed by atoms with Crippen molar-refractivity contribution < 1.29 is 0 Å². The molecule has 0 amide bonds. The van der Waals surface area contributed by atoms with Crippen LogP contribution in [0.15, 0.2) is 12.3 Å². The van der Waals surface area contributed by atoms with Crippen molar-refractivity contribution in [3.63, 3.8) is 0 Å². The summed E-state index contributed by atoms with van der Waals surface area (Å²) in [6.07, 6.45) is 4.30. The van der Waals surface area contributed by atoms with E-state index >= 15 is 0 Å². The number of nitrogens with zero attached hydrogens (tertiary/aromatic N) is 3. The van der Waals surface area contributed by atoms with E-state index in [2.05, 4.69) is 20.6 Å². The van der Waals surface area contributed by atoms with Crippen LogP contribution in [-0.4, -0.2) is 43.7 Å². The van der Waals surface area contributed by atoms with Crippen molar-refractivity contribution >= 4 is 11.8 Å². The Labute approximate surface area is 103 Å². The molecular formula is C12H21N5. The van der Waals surface area contributed by atoms with Crippen LogP contribution in [0.2, 0.25) is 0 Å². The van der Waals surface area contributed by atoms with E-state index in [1.807, 2.05) is 25.1 Å². The maximum atomic E-state index is 4.44. The third-order valence-electron chi connectivity index (χ3n) is 3.07. The van der Waals surface area contributed by atoms with Crippen LogP contribution in [-0.2, 0) is 0 Å². The first kappa shape index (κ1) is 12.1. The van der Waals surface area contributed by atoms with E-state index in [-0.39, 0.29) is 0 Å². The quantitative estimate of drug-likeness (QED) is 0.814. The Morgan fingerprint density at radius 3 is 2.88 bits per heavy atom. The molecule has 5 nitrogen and oxygen atoms in total. The van der Waals surface area contributed by atoms with Crippen LogP contribution in [0.3, 0.4) is 0 Å². The van der Waals surface area contributed by atoms with Gasteiger partial charge in [0.2, 0.25) is 5.95 Å². The van der Waals surface area contributed by atoms with Crippen LogP contribution in [0, 0.1) is 5.92 Å². The van der Waals surface area contributed by atoms with Crippen molar-refractivity contribution in [3.05, 3.63) is 12.3 Å². The molecule has 94 valence electrons. The number of hydrogen-bond acceptors (Lipinski definition) is 5. The normalized spacial score (nSPS) is 16.8. The van der Waals surface area contributed by atoms with Gasteiger partial charge in [0.1, 0.15) is 5.82 Å². The molecule has 1 aliphatic rings. The Morgan fingerprint density at radius 2 is 2.18 bits per heavy atom. The van der Waals surface area contributed by atoms with Crippen LogP contribution in [0.4, 0.5) is 11.8 Å². The standard InChI is InChI=1S/C12H21N5/c1-17(2)12-14-8-5-11(16-12)15-9-10-3-6-13-7-4-10/h5,8,10,13H,3-4,6-7,9H2,1-2H3,(H,14,15,16). The topological polar surface area (TPSA) is 53.1 Å². The zero-order valence-electron chi connectivity index (χ0n) is 10.6. The van der Waals surface area contributed by atoms with E-state index in [9.17, 15) is 0 Å². The molecule has 1 aliphatic heterocycles. The molecule has 17 heavy (non-hydrogen) atoms. The van der Waals surface area contributed by atoms with Gasteiger partial charge in [-0.15, -0.1) is 0 Å². The second-order valence-corrected chi connectivity index (χ2v) is 4.71. The fourth-order valence-electron chi connectivity index (χ4n) is 2.00. The van der Waals surface area contributed by atoms with Crippen molar-refractivity contribution in [1.29, 1.82) is 0 Å². The summed E-state index contributed by atoms with van der Waals surface area (Å²) in [5.41, 5.74) is 0. The Balaban J connectivity index is 1.87. The van der Waals surface area contributed by atoms with Gasteiger partial charge in [0.05, 0.1) is 0 Å². The SMILES string of the molecule is CN(C)c1nccc(NCC2CCNCC2)n1. The van der Waals surface area contributed by atoms with Crippen LogP contribution < -0.4 is 15.5 Å². The molecule has 1 aromatic rings. The molecule has 2 N–H and O–H groups in total. The van der Waals surface area contributed by atoms with Gasteiger partial charge in [-0.1, -0.05) is 0 Å². The molecule has 2 rings (SSSR count). The third-order valence-corrected chi connectivity index (χ3v) is 3.07. The molecule has 5 heteroatoms. The van der Waals surface area contributed by atoms with Gasteiger partial charge in [-0.2, -0.15) is 4.98 Å². The summed E-state index contributed by atoms with van der Waals surface area (Å²) < 4.78 is 0. The van der Waals surface area contributed by atoms with Crippen molar-refractivity contribution in [2.24, 2.45) is 5.92 Å². The molecule has 1 saturated heterocycles. The molecule has 0 bridgehead atoms. The number of rotatable bonds is 4. The summed E-state index contributed by atoms with van der Waals surface area (Å²) in [6.45, 7) is 3.28. The summed E-state index contributed by atoms with van der Waals surface area (Å²) in [4.78, 5) is 10.6. The van der Waals surface area contributed by atoms with Gasteiger partial charge in [0, 0.05) is 26.8 Å². The number of piperidine rings is 1. The summed E-state index contributed by atoms with van der Waals surface area (Å²) in [7, 11) is 3.90. The van der Waals surface area contributed by atoms with Gasteiger partial charge in [-0.3, -0.25) is 0 Å². The highest BCUT2D eigenvalue weighted by molar-refractivity contribution is 5.40. The van der Waals surface area contributed by atoms with E-state index in [4.69, 9.17) is 0 Å². The lowest BCUT2D eigenvalue weighted by molar-refractivity contribution is 0.389. The molecule has 1 fully saturated rings. The summed E-state index contributed by atoms with van der Waals surface area (Å²) >= 11 is 0. The second kappa shape index (κ2) is 5.82. The minimum atomic E-state index is 0.750. The highest BCUT2D eigenvalue weighted by Crippen LogP contribution is 2.13. The fourth-order valence-corrected chi connectivity index (χ4v) is 2.00. The Bertz CT molecular complexity index is 347. The lowest BCUT2D eigenvalue weighted by Crippen LogP contribution is -2.31. The van der Waals surface area contributed by atoms with Crippen LogP contribution in [0.25, 0.3) is 0 Å². The maximum absolute atomic E-state index is 4.44. The zero-order chi connectivity index (χ0) is 12.1. The molecule has 0 unspecified atom stereocenters. The molecule has 0 spiro atoms. The Hall–Kier alpha value is -1.36. The van der Waals surface area contributed by atoms with Crippen LogP contribution >= 0.6 is 0 Å². The van der Waals surface area contributed by atoms with Gasteiger partial charge in [-0.05, 0) is 37.9 Å². The number of nitrogens with one attached hydrogen (secondary N) is 2. The van der Waals surface area contributed by atoms with E-state index < -0.39 is 0 Å². The zero-order valence-corrected chi connectivity index (χ0v) is 10.6. The fraction of sp³-hybridized carbons (Fsp3) is 0.667. The lowest BCUT2D eigenvalue weighted by atomic mass is 9.98. The maximum Gasteiger partial charge on any atom is 0.226 e. The molecule has 2 heterocycles. The van der Waals surface area contributed by atoms with Crippen molar-refractivity contribution in [1.82, 2.24) is 15.3 Å². The molecular weight excluding hydrogens is 214 g/mol. The van der Waals surface area contributed by atoms with Crippen LogP contribution in [0.1, 0.15) is 12.8 Å². The average Bonchev–Trinajstić information content (AvgIpc) is 2.38. The minimum Gasteiger partial charge on any atom is -0.370 e. The second-order valence-electron chi connectivity index (χ2n) is 4.71. The van der Waals surface area contributed by atoms with E-state index in [0.717, 1.165) is 37.3 Å². The van der Waals surface area contributed by atoms with Gasteiger partial charge in [0.15, 0.2) is 0 Å². The van der Waals surface area contributed by atoms with E-state index in [0.29, 0.717) is 0 Å². The molecule has 0 radical (unpaired) electrons. The third kappa shape index (κ3) is 3.56. The van der Waals surface area contributed by atoms with Gasteiger partial charge in [0.25, 0.3) is 0 Å². The first-order valence-electron chi connectivity index (χ1n) is 6.20. The average molecular weight is 235 g/mol. The van der Waals surface area contributed by atoms with Crippen molar-refractivity contribution in [2.45, 2.75) is 12.8 Å². The summed E-state index contributed by atoms with van der Waals surface area (Å²) in [6, 6.07) is 1.92. The molecule has 0 atom stereocenters. The highest BCUT2D eigenvalue weighted by atomic mass is 15.2. The van der Waals surface area contributed by atoms with Crippen molar-refractivity contribution in [3.8, 4) is 0 Å².